The molecular weight excluding hydrogens is 320 g/mol. The number of fused-ring (bicyclic) bond motifs is 1. The van der Waals surface area contributed by atoms with Crippen molar-refractivity contribution in [2.24, 2.45) is 4.99 Å². The van der Waals surface area contributed by atoms with E-state index in [0.717, 1.165) is 27.5 Å². The monoisotopic (exact) mass is 334 g/mol. The van der Waals surface area contributed by atoms with E-state index in [1.54, 1.807) is 11.8 Å². The van der Waals surface area contributed by atoms with Gasteiger partial charge in [0.15, 0.2) is 5.17 Å². The highest BCUT2D eigenvalue weighted by atomic mass is 79.9. The van der Waals surface area contributed by atoms with Gasteiger partial charge in [0.2, 0.25) is 0 Å². The number of nitrogens with zero attached hydrogens (tertiary/aromatic N) is 1. The standard InChI is InChI=1S/C15H15BrN2S/c1-10-8-9-19-15(17-10)18-14-7-6-13(16)11-4-2-3-5-12(11)14/h2-7,10H,8-9H2,1H3,(H,17,18). The molecule has 2 nitrogen and oxygen atoms in total. The van der Waals surface area contributed by atoms with E-state index in [4.69, 9.17) is 0 Å². The maximum Gasteiger partial charge on any atom is 0.161 e. The van der Waals surface area contributed by atoms with Gasteiger partial charge in [0.05, 0.1) is 6.04 Å². The van der Waals surface area contributed by atoms with Gasteiger partial charge in [0.1, 0.15) is 0 Å². The van der Waals surface area contributed by atoms with Crippen molar-refractivity contribution in [1.29, 1.82) is 0 Å². The molecule has 98 valence electrons. The maximum absolute atomic E-state index is 4.66. The van der Waals surface area contributed by atoms with Crippen molar-refractivity contribution in [3.05, 3.63) is 40.9 Å². The lowest BCUT2D eigenvalue weighted by molar-refractivity contribution is 0.720. The summed E-state index contributed by atoms with van der Waals surface area (Å²) in [6, 6.07) is 13.0. The molecule has 19 heavy (non-hydrogen) atoms. The highest BCUT2D eigenvalue weighted by Crippen LogP contribution is 2.31. The molecular formula is C15H15BrN2S. The molecule has 3 rings (SSSR count). The van der Waals surface area contributed by atoms with Crippen LogP contribution >= 0.6 is 27.7 Å². The highest BCUT2D eigenvalue weighted by molar-refractivity contribution is 9.10. The van der Waals surface area contributed by atoms with Crippen LogP contribution in [0.1, 0.15) is 13.3 Å². The smallest absolute Gasteiger partial charge is 0.161 e. The largest absolute Gasteiger partial charge is 0.334 e. The van der Waals surface area contributed by atoms with Crippen molar-refractivity contribution in [2.45, 2.75) is 19.4 Å². The molecule has 1 heterocycles. The SMILES string of the molecule is CC1CCSC(Nc2ccc(Br)c3ccccc23)=N1. The van der Waals surface area contributed by atoms with Crippen LogP contribution in [-0.4, -0.2) is 17.0 Å². The number of nitrogens with one attached hydrogen (secondary N) is 1. The number of benzene rings is 2. The molecule has 0 spiro atoms. The first kappa shape index (κ1) is 13.0. The van der Waals surface area contributed by atoms with Crippen LogP contribution in [0, 0.1) is 0 Å². The normalized spacial score (nSPS) is 19.3. The molecule has 0 radical (unpaired) electrons. The van der Waals surface area contributed by atoms with Crippen LogP contribution in [0.4, 0.5) is 5.69 Å². The summed E-state index contributed by atoms with van der Waals surface area (Å²) in [4.78, 5) is 4.66. The number of aliphatic imine (C=N–C) groups is 1. The Labute approximate surface area is 125 Å². The minimum Gasteiger partial charge on any atom is -0.334 e. The molecule has 1 unspecified atom stereocenters. The van der Waals surface area contributed by atoms with Gasteiger partial charge in [-0.05, 0) is 30.9 Å². The molecule has 0 saturated carbocycles. The summed E-state index contributed by atoms with van der Waals surface area (Å²) < 4.78 is 1.13. The van der Waals surface area contributed by atoms with Gasteiger partial charge in [-0.25, -0.2) is 0 Å². The Morgan fingerprint density at radius 3 is 2.79 bits per heavy atom. The minimum atomic E-state index is 0.422. The zero-order valence-corrected chi connectivity index (χ0v) is 13.1. The third kappa shape index (κ3) is 2.79. The van der Waals surface area contributed by atoms with Crippen LogP contribution in [0.2, 0.25) is 0 Å². The van der Waals surface area contributed by atoms with E-state index in [1.165, 1.54) is 10.8 Å². The number of rotatable bonds is 1. The van der Waals surface area contributed by atoms with Gasteiger partial charge in [-0.2, -0.15) is 0 Å². The van der Waals surface area contributed by atoms with E-state index < -0.39 is 0 Å². The van der Waals surface area contributed by atoms with E-state index >= 15 is 0 Å². The second kappa shape index (κ2) is 5.55. The highest BCUT2D eigenvalue weighted by Gasteiger charge is 2.13. The number of amidine groups is 1. The second-order valence-corrected chi connectivity index (χ2v) is 6.62. The van der Waals surface area contributed by atoms with E-state index in [-0.39, 0.29) is 0 Å². The summed E-state index contributed by atoms with van der Waals surface area (Å²) in [6.45, 7) is 2.17. The molecule has 1 aliphatic rings. The second-order valence-electron chi connectivity index (χ2n) is 4.69. The third-order valence-corrected chi connectivity index (χ3v) is 4.84. The van der Waals surface area contributed by atoms with Crippen molar-refractivity contribution >= 4 is 49.3 Å². The summed E-state index contributed by atoms with van der Waals surface area (Å²) in [7, 11) is 0. The Morgan fingerprint density at radius 1 is 1.21 bits per heavy atom. The fourth-order valence-corrected chi connectivity index (χ4v) is 3.75. The summed E-state index contributed by atoms with van der Waals surface area (Å²) in [6.07, 6.45) is 1.16. The number of halogens is 1. The Bertz CT molecular complexity index is 639. The van der Waals surface area contributed by atoms with Crippen LogP contribution in [-0.2, 0) is 0 Å². The lowest BCUT2D eigenvalue weighted by Gasteiger charge is -2.18. The molecule has 0 aliphatic carbocycles. The predicted molar refractivity (Wildman–Crippen MR) is 89.2 cm³/mol. The fraction of sp³-hybridized carbons (Fsp3) is 0.267. The number of thioether (sulfide) groups is 1. The molecule has 2 aromatic carbocycles. The van der Waals surface area contributed by atoms with Gasteiger partial charge in [-0.1, -0.05) is 52.0 Å². The molecule has 1 atom stereocenters. The summed E-state index contributed by atoms with van der Waals surface area (Å²) in [5, 5.41) is 6.95. The van der Waals surface area contributed by atoms with Crippen molar-refractivity contribution in [1.82, 2.24) is 0 Å². The Morgan fingerprint density at radius 2 is 2.00 bits per heavy atom. The quantitative estimate of drug-likeness (QED) is 0.802. The topological polar surface area (TPSA) is 24.4 Å². The Hall–Kier alpha value is -1.00. The van der Waals surface area contributed by atoms with Crippen molar-refractivity contribution < 1.29 is 0 Å². The van der Waals surface area contributed by atoms with Crippen LogP contribution in [0.25, 0.3) is 10.8 Å². The van der Waals surface area contributed by atoms with E-state index in [9.17, 15) is 0 Å². The lowest BCUT2D eigenvalue weighted by atomic mass is 10.1. The van der Waals surface area contributed by atoms with Gasteiger partial charge < -0.3 is 5.32 Å². The molecule has 4 heteroatoms. The van der Waals surface area contributed by atoms with E-state index in [0.29, 0.717) is 6.04 Å². The molecule has 0 bridgehead atoms. The van der Waals surface area contributed by atoms with Crippen LogP contribution in [0.5, 0.6) is 0 Å². The molecule has 1 aliphatic heterocycles. The zero-order chi connectivity index (χ0) is 13.2. The fourth-order valence-electron chi connectivity index (χ4n) is 2.18. The Balaban J connectivity index is 1.99. The maximum atomic E-state index is 4.66. The summed E-state index contributed by atoms with van der Waals surface area (Å²) in [5.74, 6) is 1.14. The van der Waals surface area contributed by atoms with Crippen molar-refractivity contribution in [2.75, 3.05) is 11.1 Å². The minimum absolute atomic E-state index is 0.422. The van der Waals surface area contributed by atoms with Crippen molar-refractivity contribution in [3.8, 4) is 0 Å². The van der Waals surface area contributed by atoms with Gasteiger partial charge in [0, 0.05) is 21.3 Å². The average molecular weight is 335 g/mol. The Kier molecular flexibility index (Phi) is 3.80. The first-order valence-electron chi connectivity index (χ1n) is 6.39. The molecule has 0 aromatic heterocycles. The molecule has 2 aromatic rings. The van der Waals surface area contributed by atoms with E-state index in [1.807, 2.05) is 0 Å². The summed E-state index contributed by atoms with van der Waals surface area (Å²) in [5.41, 5.74) is 1.12. The van der Waals surface area contributed by atoms with Crippen molar-refractivity contribution in [3.63, 3.8) is 0 Å². The molecule has 0 amide bonds. The molecule has 1 N–H and O–H groups in total. The number of hydrogen-bond donors (Lipinski definition) is 1. The van der Waals surface area contributed by atoms with E-state index in [2.05, 4.69) is 69.6 Å². The molecule has 0 fully saturated rings. The number of anilines is 1. The van der Waals surface area contributed by atoms with Crippen LogP contribution in [0.3, 0.4) is 0 Å². The van der Waals surface area contributed by atoms with Crippen LogP contribution < -0.4 is 5.32 Å². The third-order valence-electron chi connectivity index (χ3n) is 3.22. The van der Waals surface area contributed by atoms with Gasteiger partial charge in [-0.3, -0.25) is 4.99 Å². The predicted octanol–water partition coefficient (Wildman–Crippen LogP) is 4.90. The summed E-state index contributed by atoms with van der Waals surface area (Å²) >= 11 is 5.40. The molecule has 0 saturated heterocycles. The average Bonchev–Trinajstić information content (AvgIpc) is 2.42. The number of hydrogen-bond acceptors (Lipinski definition) is 3. The lowest BCUT2D eigenvalue weighted by Crippen LogP contribution is -2.18. The first-order chi connectivity index (χ1) is 9.24. The van der Waals surface area contributed by atoms with Gasteiger partial charge in [-0.15, -0.1) is 0 Å². The zero-order valence-electron chi connectivity index (χ0n) is 10.7. The van der Waals surface area contributed by atoms with Crippen LogP contribution in [0.15, 0.2) is 45.9 Å². The first-order valence-corrected chi connectivity index (χ1v) is 8.17. The van der Waals surface area contributed by atoms with Gasteiger partial charge in [0.25, 0.3) is 0 Å². The van der Waals surface area contributed by atoms with Gasteiger partial charge >= 0.3 is 0 Å².